The van der Waals surface area contributed by atoms with Crippen molar-refractivity contribution >= 4 is 49.5 Å². The average Bonchev–Trinajstić information content (AvgIpc) is 3.52. The van der Waals surface area contributed by atoms with Crippen LogP contribution in [-0.2, 0) is 18.7 Å². The predicted molar refractivity (Wildman–Crippen MR) is 180 cm³/mol. The first kappa shape index (κ1) is 39.4. The van der Waals surface area contributed by atoms with Crippen LogP contribution >= 0.6 is 26.6 Å². The van der Waals surface area contributed by atoms with Crippen LogP contribution in [0.2, 0.25) is 5.28 Å². The zero-order valence-electron chi connectivity index (χ0n) is 26.7. The van der Waals surface area contributed by atoms with Crippen LogP contribution in [0, 0.1) is 0 Å². The third-order valence-electron chi connectivity index (χ3n) is 7.79. The second-order valence-corrected chi connectivity index (χ2v) is 16.8. The summed E-state index contributed by atoms with van der Waals surface area (Å²) in [6.45, 7) is 2.21. The summed E-state index contributed by atoms with van der Waals surface area (Å²) in [5.41, 5.74) is 0.293. The number of aliphatic hydroxyl groups is 2. The second kappa shape index (κ2) is 19.3. The minimum Gasteiger partial charge on any atom is -0.388 e. The van der Waals surface area contributed by atoms with Crippen LogP contribution in [0.3, 0.4) is 0 Å². The van der Waals surface area contributed by atoms with Crippen LogP contribution < -0.4 is 5.32 Å². The molecule has 0 spiro atoms. The van der Waals surface area contributed by atoms with Crippen molar-refractivity contribution in [2.75, 3.05) is 17.4 Å². The van der Waals surface area contributed by atoms with E-state index in [1.165, 1.54) is 30.2 Å². The molecule has 17 heteroatoms. The van der Waals surface area contributed by atoms with Crippen LogP contribution in [0.1, 0.15) is 96.6 Å². The first-order valence-corrected chi connectivity index (χ1v) is 20.4. The number of nitrogens with one attached hydrogen (secondary N) is 1. The number of ether oxygens (including phenoxy) is 1. The van der Waals surface area contributed by atoms with Crippen molar-refractivity contribution in [3.8, 4) is 0 Å². The van der Waals surface area contributed by atoms with E-state index >= 15 is 0 Å². The molecule has 3 heterocycles. The number of carbonyl (C=O) groups excluding carboxylic acids is 1. The van der Waals surface area contributed by atoms with Gasteiger partial charge in [0.2, 0.25) is 18.6 Å². The molecule has 1 aliphatic rings. The standard InChI is InChI=1S/C30H48ClN5O9P2/c1-2-3-4-5-6-7-8-9-10-11-12-13-14-15-16-17-23(37)33-27-24-28(35-30(31)34-27)36(20-32-24)29-26(39)25(38)22(45-29)18-19-46(40,41)21-47(42,43)44/h6-7,9-10,20,22,25-26,29,38-39H,2-5,8,11-19,21H2,1H3,(H,40,41)(H2,42,43,44)(H,33,34,35,37)/b7-6-,10-9-. The van der Waals surface area contributed by atoms with Gasteiger partial charge in [0.15, 0.2) is 23.2 Å². The highest BCUT2D eigenvalue weighted by atomic mass is 35.5. The fraction of sp³-hybridized carbons (Fsp3) is 0.667. The summed E-state index contributed by atoms with van der Waals surface area (Å²) in [4.78, 5) is 53.2. The number of hydrogen-bond acceptors (Lipinski definition) is 9. The number of rotatable bonds is 21. The highest BCUT2D eigenvalue weighted by Crippen LogP contribution is 2.55. The fourth-order valence-electron chi connectivity index (χ4n) is 5.34. The molecular weight excluding hydrogens is 672 g/mol. The maximum absolute atomic E-state index is 12.7. The summed E-state index contributed by atoms with van der Waals surface area (Å²) in [5, 5.41) is 23.7. The molecule has 0 aliphatic carbocycles. The van der Waals surface area contributed by atoms with Gasteiger partial charge in [0.25, 0.3) is 0 Å². The van der Waals surface area contributed by atoms with Crippen LogP contribution in [0.5, 0.6) is 0 Å². The molecule has 14 nitrogen and oxygen atoms in total. The van der Waals surface area contributed by atoms with Crippen LogP contribution in [-0.4, -0.2) is 80.7 Å². The lowest BCUT2D eigenvalue weighted by atomic mass is 10.1. The minimum atomic E-state index is -4.73. The first-order valence-electron chi connectivity index (χ1n) is 16.2. The highest BCUT2D eigenvalue weighted by Gasteiger charge is 2.45. The van der Waals surface area contributed by atoms with Crippen LogP contribution in [0.15, 0.2) is 30.6 Å². The lowest BCUT2D eigenvalue weighted by Crippen LogP contribution is -2.32. The molecule has 47 heavy (non-hydrogen) atoms. The highest BCUT2D eigenvalue weighted by molar-refractivity contribution is 7.72. The Morgan fingerprint density at radius 1 is 0.979 bits per heavy atom. The van der Waals surface area contributed by atoms with E-state index in [-0.39, 0.29) is 41.0 Å². The molecule has 3 rings (SSSR count). The molecule has 2 aromatic rings. The zero-order chi connectivity index (χ0) is 34.5. The summed E-state index contributed by atoms with van der Waals surface area (Å²) in [7, 11) is -8.96. The number of hydrogen-bond donors (Lipinski definition) is 6. The lowest BCUT2D eigenvalue weighted by Gasteiger charge is -2.18. The van der Waals surface area contributed by atoms with Crippen molar-refractivity contribution in [3.05, 3.63) is 35.9 Å². The van der Waals surface area contributed by atoms with Gasteiger partial charge in [-0.25, -0.2) is 4.98 Å². The molecule has 5 atom stereocenters. The van der Waals surface area contributed by atoms with Crippen molar-refractivity contribution < 1.29 is 43.6 Å². The van der Waals surface area contributed by atoms with Gasteiger partial charge in [-0.05, 0) is 56.5 Å². The van der Waals surface area contributed by atoms with E-state index in [9.17, 15) is 29.0 Å². The summed E-state index contributed by atoms with van der Waals surface area (Å²) in [5.74, 6) is -1.38. The summed E-state index contributed by atoms with van der Waals surface area (Å²) >= 11 is 6.14. The number of nitrogens with zero attached hydrogens (tertiary/aromatic N) is 4. The Balaban J connectivity index is 1.45. The summed E-state index contributed by atoms with van der Waals surface area (Å²) in [6, 6.07) is 0. The molecule has 1 amide bonds. The third-order valence-corrected chi connectivity index (χ3v) is 12.2. The molecule has 1 aliphatic heterocycles. The predicted octanol–water partition coefficient (Wildman–Crippen LogP) is 5.65. The maximum Gasteiger partial charge on any atom is 0.335 e. The SMILES string of the molecule is CCCCC/C=C\C/C=C\CCCCCCCC(=O)Nc1nc(Cl)nc2c1ncn2C1OC(CCP(=O)(O)CP(=O)(O)O)C(O)C1O. The zero-order valence-corrected chi connectivity index (χ0v) is 29.3. The molecular formula is C30H48ClN5O9P2. The molecule has 5 unspecified atom stereocenters. The number of allylic oxidation sites excluding steroid dienone is 4. The Labute approximate surface area is 280 Å². The molecule has 0 bridgehead atoms. The van der Waals surface area contributed by atoms with Crippen LogP contribution in [0.4, 0.5) is 5.82 Å². The monoisotopic (exact) mass is 719 g/mol. The number of halogens is 1. The Kier molecular flexibility index (Phi) is 16.2. The first-order chi connectivity index (χ1) is 22.3. The minimum absolute atomic E-state index is 0.0783. The quantitative estimate of drug-likeness (QED) is 0.0399. The van der Waals surface area contributed by atoms with Crippen molar-refractivity contribution in [2.45, 2.75) is 115 Å². The van der Waals surface area contributed by atoms with Gasteiger partial charge >= 0.3 is 7.60 Å². The van der Waals surface area contributed by atoms with Gasteiger partial charge in [-0.1, -0.05) is 63.3 Å². The Morgan fingerprint density at radius 2 is 1.64 bits per heavy atom. The maximum atomic E-state index is 12.7. The van der Waals surface area contributed by atoms with E-state index < -0.39 is 51.6 Å². The van der Waals surface area contributed by atoms with Gasteiger partial charge in [-0.15, -0.1) is 0 Å². The topological polar surface area (TPSA) is 217 Å². The number of fused-ring (bicyclic) bond motifs is 1. The normalized spacial score (nSPS) is 21.7. The molecule has 1 fully saturated rings. The molecule has 0 radical (unpaired) electrons. The van der Waals surface area contributed by atoms with Crippen molar-refractivity contribution in [1.82, 2.24) is 19.5 Å². The van der Waals surface area contributed by atoms with Gasteiger partial charge in [-0.2, -0.15) is 9.97 Å². The van der Waals surface area contributed by atoms with Gasteiger partial charge < -0.3 is 34.9 Å². The lowest BCUT2D eigenvalue weighted by molar-refractivity contribution is -0.116. The third kappa shape index (κ3) is 13.4. The number of imidazole rings is 1. The van der Waals surface area contributed by atoms with Crippen molar-refractivity contribution in [3.63, 3.8) is 0 Å². The average molecular weight is 720 g/mol. The van der Waals surface area contributed by atoms with Gasteiger partial charge in [0, 0.05) is 12.6 Å². The summed E-state index contributed by atoms with van der Waals surface area (Å²) in [6.07, 6.45) is 16.2. The van der Waals surface area contributed by atoms with E-state index in [2.05, 4.69) is 51.5 Å². The van der Waals surface area contributed by atoms with Crippen molar-refractivity contribution in [2.24, 2.45) is 0 Å². The van der Waals surface area contributed by atoms with Crippen LogP contribution in [0.25, 0.3) is 11.2 Å². The number of amides is 1. The largest absolute Gasteiger partial charge is 0.388 e. The Hall–Kier alpha value is -1.99. The molecule has 264 valence electrons. The fourth-order valence-corrected chi connectivity index (χ4v) is 9.03. The molecule has 2 aromatic heterocycles. The van der Waals surface area contributed by atoms with E-state index in [1.807, 2.05) is 0 Å². The number of carbonyl (C=O) groups is 1. The smallest absolute Gasteiger partial charge is 0.335 e. The van der Waals surface area contributed by atoms with E-state index in [0.717, 1.165) is 44.9 Å². The Bertz CT molecular complexity index is 1450. The van der Waals surface area contributed by atoms with E-state index in [1.54, 1.807) is 0 Å². The van der Waals surface area contributed by atoms with Crippen molar-refractivity contribution in [1.29, 1.82) is 0 Å². The molecule has 6 N–H and O–H groups in total. The van der Waals surface area contributed by atoms with Gasteiger partial charge in [-0.3, -0.25) is 18.5 Å². The number of anilines is 1. The van der Waals surface area contributed by atoms with Gasteiger partial charge in [0.05, 0.1) is 12.4 Å². The molecule has 1 saturated heterocycles. The number of aliphatic hydroxyl groups excluding tert-OH is 2. The van der Waals surface area contributed by atoms with E-state index in [4.69, 9.17) is 26.1 Å². The summed E-state index contributed by atoms with van der Waals surface area (Å²) < 4.78 is 30.4. The number of aromatic nitrogens is 4. The molecule has 0 saturated carbocycles. The molecule has 0 aromatic carbocycles. The van der Waals surface area contributed by atoms with E-state index in [0.29, 0.717) is 6.42 Å². The Morgan fingerprint density at radius 3 is 2.32 bits per heavy atom. The second-order valence-electron chi connectivity index (χ2n) is 11.9. The van der Waals surface area contributed by atoms with Gasteiger partial charge in [0.1, 0.15) is 18.1 Å². The number of unbranched alkanes of at least 4 members (excludes halogenated alkanes) is 8.